The first-order valence-corrected chi connectivity index (χ1v) is 9.72. The predicted octanol–water partition coefficient (Wildman–Crippen LogP) is 4.30. The van der Waals surface area contributed by atoms with Gasteiger partial charge in [-0.25, -0.2) is 0 Å². The van der Waals surface area contributed by atoms with Crippen LogP contribution in [0.15, 0.2) is 60.6 Å². The lowest BCUT2D eigenvalue weighted by molar-refractivity contribution is 0.281. The summed E-state index contributed by atoms with van der Waals surface area (Å²) in [7, 11) is 0. The zero-order valence-electron chi connectivity index (χ0n) is 15.5. The first-order chi connectivity index (χ1) is 13.7. The van der Waals surface area contributed by atoms with Crippen molar-refractivity contribution in [3.8, 4) is 11.1 Å². The van der Waals surface area contributed by atoms with Gasteiger partial charge in [-0.15, -0.1) is 5.53 Å². The Balaban J connectivity index is 1.60. The molecule has 2 aromatic carbocycles. The summed E-state index contributed by atoms with van der Waals surface area (Å²) in [5.41, 5.74) is 14.7. The Hall–Kier alpha value is -2.96. The van der Waals surface area contributed by atoms with Gasteiger partial charge in [-0.3, -0.25) is 10.1 Å². The molecular formula is C21H21ClN6. The van der Waals surface area contributed by atoms with Gasteiger partial charge in [-0.1, -0.05) is 23.7 Å². The Kier molecular flexibility index (Phi) is 4.22. The molecule has 2 aliphatic heterocycles. The van der Waals surface area contributed by atoms with Crippen LogP contribution in [0.1, 0.15) is 30.5 Å². The van der Waals surface area contributed by atoms with E-state index in [2.05, 4.69) is 56.6 Å². The molecule has 1 unspecified atom stereocenters. The molecule has 7 heteroatoms. The minimum atomic E-state index is 0.177. The van der Waals surface area contributed by atoms with Crippen LogP contribution >= 0.6 is 11.6 Å². The summed E-state index contributed by atoms with van der Waals surface area (Å²) >= 11 is 6.06. The quantitative estimate of drug-likeness (QED) is 0.535. The van der Waals surface area contributed by atoms with E-state index in [-0.39, 0.29) is 6.04 Å². The summed E-state index contributed by atoms with van der Waals surface area (Å²) in [5.74, 6) is 0. The SMILES string of the molecule is CC1=C2c3ccc(-c4cn[nH]c4)cc3C(Nc3ccc(Cl)cc3)CCN2NN1. The summed E-state index contributed by atoms with van der Waals surface area (Å²) in [6.07, 6.45) is 4.74. The highest BCUT2D eigenvalue weighted by atomic mass is 35.5. The van der Waals surface area contributed by atoms with E-state index < -0.39 is 0 Å². The van der Waals surface area contributed by atoms with Gasteiger partial charge in [0.2, 0.25) is 0 Å². The van der Waals surface area contributed by atoms with Crippen molar-refractivity contribution < 1.29 is 0 Å². The summed E-state index contributed by atoms with van der Waals surface area (Å²) in [5, 5.41) is 13.6. The van der Waals surface area contributed by atoms with Gasteiger partial charge in [0.15, 0.2) is 0 Å². The van der Waals surface area contributed by atoms with Gasteiger partial charge in [-0.05, 0) is 54.8 Å². The normalized spacial score (nSPS) is 18.4. The van der Waals surface area contributed by atoms with Crippen LogP contribution in [0.25, 0.3) is 16.8 Å². The van der Waals surface area contributed by atoms with Crippen LogP contribution < -0.4 is 16.3 Å². The van der Waals surface area contributed by atoms with Gasteiger partial charge in [-0.2, -0.15) is 5.10 Å². The lowest BCUT2D eigenvalue weighted by atomic mass is 9.93. The monoisotopic (exact) mass is 392 g/mol. The van der Waals surface area contributed by atoms with Crippen molar-refractivity contribution in [1.82, 2.24) is 26.2 Å². The standard InChI is InChI=1S/C21H21ClN6/c1-13-21-18-7-2-14(15-11-23-24-12-15)10-19(18)20(8-9-28(21)27-26-13)25-17-5-3-16(22)4-6-17/h2-7,10-12,20,25-27H,8-9H2,1H3,(H,23,24). The fraction of sp³-hybridized carbons (Fsp3) is 0.190. The third-order valence-electron chi connectivity index (χ3n) is 5.34. The van der Waals surface area contributed by atoms with Gasteiger partial charge in [0, 0.05) is 34.6 Å². The number of rotatable bonds is 3. The summed E-state index contributed by atoms with van der Waals surface area (Å²) in [4.78, 5) is 0. The third-order valence-corrected chi connectivity index (χ3v) is 5.60. The van der Waals surface area contributed by atoms with E-state index in [0.29, 0.717) is 0 Å². The Morgan fingerprint density at radius 1 is 1.14 bits per heavy atom. The number of nitrogens with one attached hydrogen (secondary N) is 4. The molecule has 0 aliphatic carbocycles. The number of aromatic nitrogens is 2. The second-order valence-corrected chi connectivity index (χ2v) is 7.58. The van der Waals surface area contributed by atoms with Crippen LogP contribution in [0, 0.1) is 0 Å². The number of hydrazine groups is 2. The van der Waals surface area contributed by atoms with E-state index in [1.165, 1.54) is 16.8 Å². The third kappa shape index (κ3) is 3.00. The van der Waals surface area contributed by atoms with E-state index in [0.717, 1.165) is 40.5 Å². The lowest BCUT2D eigenvalue weighted by Crippen LogP contribution is -2.37. The average Bonchev–Trinajstić information content (AvgIpc) is 3.33. The molecule has 0 saturated carbocycles. The summed E-state index contributed by atoms with van der Waals surface area (Å²) < 4.78 is 0. The Morgan fingerprint density at radius 3 is 2.79 bits per heavy atom. The molecule has 0 bridgehead atoms. The Labute approximate surface area is 168 Å². The number of aromatic amines is 1. The Morgan fingerprint density at radius 2 is 2.00 bits per heavy atom. The molecule has 5 rings (SSSR count). The number of hydrogen-bond acceptors (Lipinski definition) is 5. The van der Waals surface area contributed by atoms with E-state index in [4.69, 9.17) is 11.6 Å². The van der Waals surface area contributed by atoms with E-state index in [9.17, 15) is 0 Å². The highest BCUT2D eigenvalue weighted by Gasteiger charge is 2.30. The van der Waals surface area contributed by atoms with Crippen LogP contribution in [-0.2, 0) is 0 Å². The van der Waals surface area contributed by atoms with Crippen LogP contribution in [0.2, 0.25) is 5.02 Å². The van der Waals surface area contributed by atoms with Crippen molar-refractivity contribution in [2.24, 2.45) is 0 Å². The minimum absolute atomic E-state index is 0.177. The fourth-order valence-electron chi connectivity index (χ4n) is 3.95. The number of benzene rings is 2. The maximum Gasteiger partial charge on any atom is 0.0814 e. The Bertz CT molecular complexity index is 1030. The topological polar surface area (TPSA) is 68.0 Å². The summed E-state index contributed by atoms with van der Waals surface area (Å²) in [6, 6.07) is 14.7. The second kappa shape index (κ2) is 6.89. The minimum Gasteiger partial charge on any atom is -0.378 e. The number of fused-ring (bicyclic) bond motifs is 3. The first-order valence-electron chi connectivity index (χ1n) is 9.35. The van der Waals surface area contributed by atoms with Gasteiger partial charge in [0.1, 0.15) is 0 Å². The molecule has 0 spiro atoms. The molecule has 0 amide bonds. The average molecular weight is 393 g/mol. The number of anilines is 1. The van der Waals surface area contributed by atoms with Crippen LogP contribution in [0.5, 0.6) is 0 Å². The number of allylic oxidation sites excluding steroid dienone is 1. The van der Waals surface area contributed by atoms with Crippen molar-refractivity contribution in [3.05, 3.63) is 76.7 Å². The smallest absolute Gasteiger partial charge is 0.0814 e. The van der Waals surface area contributed by atoms with Crippen molar-refractivity contribution in [1.29, 1.82) is 0 Å². The van der Waals surface area contributed by atoms with E-state index in [1.54, 1.807) is 0 Å². The lowest BCUT2D eigenvalue weighted by Gasteiger charge is -2.21. The molecule has 2 aliphatic rings. The van der Waals surface area contributed by atoms with Crippen molar-refractivity contribution >= 4 is 23.0 Å². The van der Waals surface area contributed by atoms with Crippen LogP contribution in [0.4, 0.5) is 5.69 Å². The fourth-order valence-corrected chi connectivity index (χ4v) is 4.08. The molecule has 3 heterocycles. The van der Waals surface area contributed by atoms with E-state index in [1.807, 2.05) is 36.7 Å². The van der Waals surface area contributed by atoms with Gasteiger partial charge in [0.25, 0.3) is 0 Å². The van der Waals surface area contributed by atoms with Crippen LogP contribution in [0.3, 0.4) is 0 Å². The maximum atomic E-state index is 6.06. The van der Waals surface area contributed by atoms with Crippen molar-refractivity contribution in [2.45, 2.75) is 19.4 Å². The molecule has 1 aromatic heterocycles. The zero-order chi connectivity index (χ0) is 19.1. The molecule has 1 atom stereocenters. The molecule has 6 nitrogen and oxygen atoms in total. The van der Waals surface area contributed by atoms with Gasteiger partial charge >= 0.3 is 0 Å². The maximum absolute atomic E-state index is 6.06. The van der Waals surface area contributed by atoms with Gasteiger partial charge < -0.3 is 10.7 Å². The molecule has 0 fully saturated rings. The first kappa shape index (κ1) is 17.2. The number of halogens is 1. The number of nitrogens with zero attached hydrogens (tertiary/aromatic N) is 2. The van der Waals surface area contributed by atoms with Crippen molar-refractivity contribution in [2.75, 3.05) is 11.9 Å². The molecule has 142 valence electrons. The molecule has 28 heavy (non-hydrogen) atoms. The van der Waals surface area contributed by atoms with E-state index >= 15 is 0 Å². The highest BCUT2D eigenvalue weighted by molar-refractivity contribution is 6.30. The summed E-state index contributed by atoms with van der Waals surface area (Å²) in [6.45, 7) is 2.99. The molecule has 0 radical (unpaired) electrons. The number of H-pyrrole nitrogens is 1. The second-order valence-electron chi connectivity index (χ2n) is 7.14. The highest BCUT2D eigenvalue weighted by Crippen LogP contribution is 2.39. The van der Waals surface area contributed by atoms with Crippen LogP contribution in [-0.4, -0.2) is 21.8 Å². The molecule has 4 N–H and O–H groups in total. The van der Waals surface area contributed by atoms with Gasteiger partial charge in [0.05, 0.1) is 23.6 Å². The predicted molar refractivity (Wildman–Crippen MR) is 112 cm³/mol. The molecule has 0 saturated heterocycles. The zero-order valence-corrected chi connectivity index (χ0v) is 16.2. The number of hydrogen-bond donors (Lipinski definition) is 4. The largest absolute Gasteiger partial charge is 0.378 e. The molecule has 3 aromatic rings. The molecular weight excluding hydrogens is 372 g/mol. The van der Waals surface area contributed by atoms with Crippen molar-refractivity contribution in [3.63, 3.8) is 0 Å².